The van der Waals surface area contributed by atoms with Crippen molar-refractivity contribution >= 4 is 11.9 Å². The highest BCUT2D eigenvalue weighted by Gasteiger charge is 2.59. The predicted molar refractivity (Wildman–Crippen MR) is 85.2 cm³/mol. The smallest absolute Gasteiger partial charge is 0.307 e. The molecule has 1 atom stereocenters. The molecule has 1 N–H and O–H groups in total. The van der Waals surface area contributed by atoms with Crippen LogP contribution in [0.1, 0.15) is 29.8 Å². The van der Waals surface area contributed by atoms with Gasteiger partial charge in [0.1, 0.15) is 23.5 Å². The number of amides is 1. The monoisotopic (exact) mass is 362 g/mol. The third-order valence-corrected chi connectivity index (χ3v) is 5.43. The van der Waals surface area contributed by atoms with Crippen LogP contribution in [-0.4, -0.2) is 40.0 Å². The molecule has 1 aliphatic heterocycles. The van der Waals surface area contributed by atoms with E-state index >= 15 is 0 Å². The number of benzene rings is 1. The molecule has 1 unspecified atom stereocenters. The maximum Gasteiger partial charge on any atom is 0.307 e. The second-order valence-corrected chi connectivity index (χ2v) is 6.88. The van der Waals surface area contributed by atoms with Gasteiger partial charge in [-0.05, 0) is 36.8 Å². The molecule has 8 heteroatoms. The summed E-state index contributed by atoms with van der Waals surface area (Å²) in [7, 11) is 0. The van der Waals surface area contributed by atoms with E-state index in [4.69, 9.17) is 9.52 Å². The van der Waals surface area contributed by atoms with Crippen molar-refractivity contribution in [2.24, 2.45) is 11.3 Å². The van der Waals surface area contributed by atoms with Crippen molar-refractivity contribution in [1.29, 1.82) is 0 Å². The number of likely N-dealkylation sites (tertiary alicyclic amines) is 1. The molecule has 0 bridgehead atoms. The minimum Gasteiger partial charge on any atom is -0.481 e. The number of piperidine rings is 1. The van der Waals surface area contributed by atoms with E-state index in [1.807, 2.05) is 0 Å². The minimum atomic E-state index is -0.820. The van der Waals surface area contributed by atoms with Gasteiger partial charge in [0.25, 0.3) is 5.91 Å². The highest BCUT2D eigenvalue weighted by molar-refractivity contribution is 5.92. The number of carboxylic acid groups (broad SMARTS) is 1. The van der Waals surface area contributed by atoms with Gasteiger partial charge in [-0.15, -0.1) is 0 Å². The number of carbonyl (C=O) groups is 2. The zero-order valence-corrected chi connectivity index (χ0v) is 13.7. The quantitative estimate of drug-likeness (QED) is 0.908. The van der Waals surface area contributed by atoms with Gasteiger partial charge in [0, 0.05) is 13.1 Å². The number of aliphatic carboxylic acids is 1. The molecule has 4 rings (SSSR count). The molecule has 2 fully saturated rings. The van der Waals surface area contributed by atoms with E-state index in [0.29, 0.717) is 32.4 Å². The Hall–Kier alpha value is -2.77. The Morgan fingerprint density at radius 1 is 1.23 bits per heavy atom. The number of nitrogens with zero attached hydrogens (tertiary/aromatic N) is 2. The van der Waals surface area contributed by atoms with Crippen LogP contribution in [0.2, 0.25) is 0 Å². The average molecular weight is 362 g/mol. The molecule has 1 aromatic carbocycles. The Morgan fingerprint density at radius 3 is 2.46 bits per heavy atom. The summed E-state index contributed by atoms with van der Waals surface area (Å²) in [5, 5.41) is 9.12. The van der Waals surface area contributed by atoms with Gasteiger partial charge in [0.05, 0.1) is 5.92 Å². The maximum atomic E-state index is 13.8. The van der Waals surface area contributed by atoms with Crippen LogP contribution in [0.3, 0.4) is 0 Å². The number of carboxylic acids is 1. The molecule has 136 valence electrons. The summed E-state index contributed by atoms with van der Waals surface area (Å²) in [6.45, 7) is 0.859. The first-order valence-corrected chi connectivity index (χ1v) is 8.33. The maximum absolute atomic E-state index is 13.8. The molecular weight excluding hydrogens is 346 g/mol. The van der Waals surface area contributed by atoms with Gasteiger partial charge in [0.15, 0.2) is 5.69 Å². The number of aromatic nitrogens is 1. The number of oxazole rings is 1. The van der Waals surface area contributed by atoms with Crippen molar-refractivity contribution in [3.63, 3.8) is 0 Å². The second-order valence-electron chi connectivity index (χ2n) is 6.88. The normalized spacial score (nSPS) is 21.0. The fourth-order valence-electron chi connectivity index (χ4n) is 3.76. The molecule has 1 amide bonds. The number of carbonyl (C=O) groups excluding carboxylic acids is 1. The summed E-state index contributed by atoms with van der Waals surface area (Å²) >= 11 is 0. The highest BCUT2D eigenvalue weighted by atomic mass is 19.1. The molecule has 1 saturated heterocycles. The molecule has 2 heterocycles. The van der Waals surface area contributed by atoms with E-state index in [2.05, 4.69) is 4.98 Å². The van der Waals surface area contributed by atoms with Crippen LogP contribution in [0.5, 0.6) is 0 Å². The molecule has 2 aromatic rings. The lowest BCUT2D eigenvalue weighted by atomic mass is 9.90. The summed E-state index contributed by atoms with van der Waals surface area (Å²) in [6.07, 6.45) is 3.00. The van der Waals surface area contributed by atoms with Crippen LogP contribution in [0.4, 0.5) is 8.78 Å². The fraction of sp³-hybridized carbons (Fsp3) is 0.389. The average Bonchev–Trinajstić information content (AvgIpc) is 3.10. The molecule has 26 heavy (non-hydrogen) atoms. The van der Waals surface area contributed by atoms with Crippen LogP contribution in [0.25, 0.3) is 11.5 Å². The summed E-state index contributed by atoms with van der Waals surface area (Å²) in [5.41, 5.74) is -0.621. The molecule has 6 nitrogen and oxygen atoms in total. The van der Waals surface area contributed by atoms with E-state index in [1.54, 1.807) is 4.90 Å². The summed E-state index contributed by atoms with van der Waals surface area (Å²) < 4.78 is 32.7. The summed E-state index contributed by atoms with van der Waals surface area (Å²) in [4.78, 5) is 29.2. The third kappa shape index (κ3) is 2.65. The number of hydrogen-bond donors (Lipinski definition) is 1. The van der Waals surface area contributed by atoms with Gasteiger partial charge in [-0.2, -0.15) is 0 Å². The highest BCUT2D eigenvalue weighted by Crippen LogP contribution is 2.59. The first-order valence-electron chi connectivity index (χ1n) is 8.33. The van der Waals surface area contributed by atoms with E-state index < -0.39 is 23.2 Å². The SMILES string of the molecule is O=C(O)C1CC12CCN(C(=O)c1coc(-c3c(F)cccc3F)n1)CC2. The first kappa shape index (κ1) is 16.7. The van der Waals surface area contributed by atoms with E-state index in [1.165, 1.54) is 6.07 Å². The van der Waals surface area contributed by atoms with Gasteiger partial charge in [-0.25, -0.2) is 13.8 Å². The molecule has 1 saturated carbocycles. The van der Waals surface area contributed by atoms with Crippen molar-refractivity contribution in [1.82, 2.24) is 9.88 Å². The number of rotatable bonds is 3. The topological polar surface area (TPSA) is 83.6 Å². The summed E-state index contributed by atoms with van der Waals surface area (Å²) in [6, 6.07) is 3.40. The fourth-order valence-corrected chi connectivity index (χ4v) is 3.76. The lowest BCUT2D eigenvalue weighted by molar-refractivity contribution is -0.139. The molecule has 1 spiro atoms. The van der Waals surface area contributed by atoms with Gasteiger partial charge in [0.2, 0.25) is 5.89 Å². The lowest BCUT2D eigenvalue weighted by Crippen LogP contribution is -2.40. The Morgan fingerprint density at radius 2 is 1.88 bits per heavy atom. The van der Waals surface area contributed by atoms with Crippen LogP contribution in [0.15, 0.2) is 28.9 Å². The number of halogens is 2. The van der Waals surface area contributed by atoms with Crippen molar-refractivity contribution < 1.29 is 27.9 Å². The third-order valence-electron chi connectivity index (χ3n) is 5.43. The van der Waals surface area contributed by atoms with Gasteiger partial charge >= 0.3 is 5.97 Å². The zero-order chi connectivity index (χ0) is 18.5. The van der Waals surface area contributed by atoms with E-state index in [0.717, 1.165) is 18.4 Å². The van der Waals surface area contributed by atoms with Crippen LogP contribution in [0, 0.1) is 23.0 Å². The molecular formula is C18H16F2N2O4. The van der Waals surface area contributed by atoms with Gasteiger partial charge in [-0.3, -0.25) is 9.59 Å². The Balaban J connectivity index is 1.47. The van der Waals surface area contributed by atoms with E-state index in [-0.39, 0.29) is 28.8 Å². The van der Waals surface area contributed by atoms with Crippen molar-refractivity contribution in [2.45, 2.75) is 19.3 Å². The Bertz CT molecular complexity index is 867. The standard InChI is InChI=1S/C18H16F2N2O4/c19-11-2-1-3-12(20)14(11)15-21-13(9-26-15)16(23)22-6-4-18(5-7-22)8-10(18)17(24)25/h1-3,9-10H,4-8H2,(H,24,25). The van der Waals surface area contributed by atoms with Gasteiger partial charge in [-0.1, -0.05) is 6.07 Å². The largest absolute Gasteiger partial charge is 0.481 e. The predicted octanol–water partition coefficient (Wildman–Crippen LogP) is 2.95. The minimum absolute atomic E-state index is 0.0239. The first-order chi connectivity index (χ1) is 12.4. The van der Waals surface area contributed by atoms with Gasteiger partial charge < -0.3 is 14.4 Å². The van der Waals surface area contributed by atoms with Crippen molar-refractivity contribution in [3.8, 4) is 11.5 Å². The van der Waals surface area contributed by atoms with Crippen LogP contribution >= 0.6 is 0 Å². The molecule has 1 aliphatic carbocycles. The van der Waals surface area contributed by atoms with Crippen molar-refractivity contribution in [2.75, 3.05) is 13.1 Å². The van der Waals surface area contributed by atoms with Crippen LogP contribution < -0.4 is 0 Å². The Kier molecular flexibility index (Phi) is 3.78. The second kappa shape index (κ2) is 5.89. The van der Waals surface area contributed by atoms with E-state index in [9.17, 15) is 18.4 Å². The zero-order valence-electron chi connectivity index (χ0n) is 13.7. The van der Waals surface area contributed by atoms with Crippen LogP contribution in [-0.2, 0) is 4.79 Å². The lowest BCUT2D eigenvalue weighted by Gasteiger charge is -2.32. The number of hydrogen-bond acceptors (Lipinski definition) is 4. The summed E-state index contributed by atoms with van der Waals surface area (Å²) in [5.74, 6) is -3.41. The molecule has 2 aliphatic rings. The Labute approximate surface area is 147 Å². The van der Waals surface area contributed by atoms with Crippen molar-refractivity contribution in [3.05, 3.63) is 41.8 Å². The molecule has 0 radical (unpaired) electrons. The molecule has 1 aromatic heterocycles.